The molecule has 1 aromatic carbocycles. The number of anilines is 1. The zero-order valence-corrected chi connectivity index (χ0v) is 17.3. The molecule has 160 valence electrons. The second kappa shape index (κ2) is 10.5. The van der Waals surface area contributed by atoms with E-state index in [2.05, 4.69) is 20.8 Å². The summed E-state index contributed by atoms with van der Waals surface area (Å²) in [5.74, 6) is 0.857. The molecule has 0 saturated carbocycles. The van der Waals surface area contributed by atoms with Gasteiger partial charge in [0.05, 0.1) is 0 Å². The number of nitrogens with zero attached hydrogens (tertiary/aromatic N) is 3. The Morgan fingerprint density at radius 1 is 1.17 bits per heavy atom. The van der Waals surface area contributed by atoms with Crippen LogP contribution in [0.1, 0.15) is 28.9 Å². The van der Waals surface area contributed by atoms with E-state index in [4.69, 9.17) is 9.47 Å². The Hall–Kier alpha value is -3.20. The number of aromatic nitrogens is 2. The molecule has 2 aromatic rings. The fourth-order valence-corrected chi connectivity index (χ4v) is 2.86. The van der Waals surface area contributed by atoms with Crippen molar-refractivity contribution < 1.29 is 19.1 Å². The quantitative estimate of drug-likeness (QED) is 0.675. The van der Waals surface area contributed by atoms with E-state index < -0.39 is 0 Å². The maximum Gasteiger partial charge on any atom is 0.272 e. The maximum absolute atomic E-state index is 12.3. The number of hydrogen-bond donors (Lipinski definition) is 2. The molecule has 3 rings (SSSR count). The molecule has 0 unspecified atom stereocenters. The van der Waals surface area contributed by atoms with Crippen molar-refractivity contribution in [1.29, 1.82) is 0 Å². The van der Waals surface area contributed by atoms with Crippen LogP contribution in [0, 0.1) is 0 Å². The number of benzene rings is 1. The van der Waals surface area contributed by atoms with Gasteiger partial charge in [-0.1, -0.05) is 12.1 Å². The molecule has 2 heterocycles. The monoisotopic (exact) mass is 413 g/mol. The van der Waals surface area contributed by atoms with Gasteiger partial charge in [-0.05, 0) is 42.7 Å². The van der Waals surface area contributed by atoms with Crippen molar-refractivity contribution in [3.63, 3.8) is 0 Å². The fraction of sp³-hybridized carbons (Fsp3) is 0.429. The maximum atomic E-state index is 12.3. The molecular formula is C21H27N5O4. The van der Waals surface area contributed by atoms with Crippen molar-refractivity contribution in [1.82, 2.24) is 20.4 Å². The predicted molar refractivity (Wildman–Crippen MR) is 111 cm³/mol. The van der Waals surface area contributed by atoms with Crippen molar-refractivity contribution in [2.75, 3.05) is 39.2 Å². The number of amides is 2. The Kier molecular flexibility index (Phi) is 7.56. The van der Waals surface area contributed by atoms with Gasteiger partial charge in [-0.2, -0.15) is 0 Å². The van der Waals surface area contributed by atoms with Crippen LogP contribution in [-0.2, 0) is 16.1 Å². The molecule has 1 saturated heterocycles. The number of hydrogen-bond acceptors (Lipinski definition) is 7. The average Bonchev–Trinajstić information content (AvgIpc) is 2.77. The van der Waals surface area contributed by atoms with Gasteiger partial charge in [0, 0.05) is 39.9 Å². The van der Waals surface area contributed by atoms with Crippen LogP contribution in [0.4, 0.5) is 5.82 Å². The Balaban J connectivity index is 1.49. The van der Waals surface area contributed by atoms with Crippen LogP contribution in [0.3, 0.4) is 0 Å². The van der Waals surface area contributed by atoms with Crippen LogP contribution in [0.15, 0.2) is 36.4 Å². The average molecular weight is 413 g/mol. The minimum absolute atomic E-state index is 0.00718. The van der Waals surface area contributed by atoms with Gasteiger partial charge in [-0.25, -0.2) is 0 Å². The largest absolute Gasteiger partial charge is 0.484 e. The zero-order chi connectivity index (χ0) is 21.3. The highest BCUT2D eigenvalue weighted by atomic mass is 16.5. The van der Waals surface area contributed by atoms with Crippen molar-refractivity contribution in [3.05, 3.63) is 47.7 Å². The van der Waals surface area contributed by atoms with E-state index in [0.29, 0.717) is 31.3 Å². The number of carbonyl (C=O) groups is 2. The molecule has 1 aromatic heterocycles. The number of nitrogens with one attached hydrogen (secondary N) is 2. The summed E-state index contributed by atoms with van der Waals surface area (Å²) in [6.07, 6.45) is 1.62. The molecule has 0 aliphatic carbocycles. The minimum Gasteiger partial charge on any atom is -0.484 e. The second-order valence-electron chi connectivity index (χ2n) is 7.24. The lowest BCUT2D eigenvalue weighted by atomic mass is 10.1. The van der Waals surface area contributed by atoms with Crippen LogP contribution in [0.25, 0.3) is 0 Å². The fourth-order valence-electron chi connectivity index (χ4n) is 2.86. The SMILES string of the molecule is CN(C)C(=O)COc1cccc(CNc2ccc(C(=O)NC3CCOCC3)nn2)c1. The summed E-state index contributed by atoms with van der Waals surface area (Å²) in [5.41, 5.74) is 1.25. The van der Waals surface area contributed by atoms with Crippen molar-refractivity contribution >= 4 is 17.6 Å². The molecule has 2 N–H and O–H groups in total. The first-order chi connectivity index (χ1) is 14.5. The van der Waals surface area contributed by atoms with E-state index in [-0.39, 0.29) is 30.2 Å². The van der Waals surface area contributed by atoms with E-state index in [9.17, 15) is 9.59 Å². The van der Waals surface area contributed by atoms with Crippen molar-refractivity contribution in [2.24, 2.45) is 0 Å². The highest BCUT2D eigenvalue weighted by Crippen LogP contribution is 2.15. The normalized spacial score (nSPS) is 14.1. The summed E-state index contributed by atoms with van der Waals surface area (Å²) >= 11 is 0. The highest BCUT2D eigenvalue weighted by Gasteiger charge is 2.18. The molecule has 0 bridgehead atoms. The van der Waals surface area contributed by atoms with Crippen LogP contribution < -0.4 is 15.4 Å². The Morgan fingerprint density at radius 3 is 2.67 bits per heavy atom. The summed E-state index contributed by atoms with van der Waals surface area (Å²) in [7, 11) is 3.37. The first-order valence-corrected chi connectivity index (χ1v) is 9.89. The van der Waals surface area contributed by atoms with Gasteiger partial charge < -0.3 is 25.0 Å². The zero-order valence-electron chi connectivity index (χ0n) is 17.3. The molecule has 2 amide bonds. The predicted octanol–water partition coefficient (Wildman–Crippen LogP) is 1.46. The lowest BCUT2D eigenvalue weighted by Gasteiger charge is -2.22. The molecule has 0 radical (unpaired) electrons. The second-order valence-corrected chi connectivity index (χ2v) is 7.24. The number of carbonyl (C=O) groups excluding carboxylic acids is 2. The number of rotatable bonds is 8. The third-order valence-electron chi connectivity index (χ3n) is 4.69. The van der Waals surface area contributed by atoms with Crippen LogP contribution in [-0.4, -0.2) is 66.9 Å². The summed E-state index contributed by atoms with van der Waals surface area (Å²) in [6.45, 7) is 1.82. The third kappa shape index (κ3) is 6.41. The van der Waals surface area contributed by atoms with Crippen LogP contribution >= 0.6 is 0 Å². The Morgan fingerprint density at radius 2 is 1.97 bits per heavy atom. The van der Waals surface area contributed by atoms with Gasteiger partial charge in [0.15, 0.2) is 12.3 Å². The topological polar surface area (TPSA) is 106 Å². The van der Waals surface area contributed by atoms with Crippen LogP contribution in [0.5, 0.6) is 5.75 Å². The van der Waals surface area contributed by atoms with Gasteiger partial charge in [-0.15, -0.1) is 10.2 Å². The summed E-state index contributed by atoms with van der Waals surface area (Å²) in [5, 5.41) is 14.2. The molecule has 1 fully saturated rings. The Labute approximate surface area is 175 Å². The van der Waals surface area contributed by atoms with Gasteiger partial charge in [0.1, 0.15) is 11.6 Å². The molecule has 30 heavy (non-hydrogen) atoms. The van der Waals surface area contributed by atoms with E-state index >= 15 is 0 Å². The van der Waals surface area contributed by atoms with Crippen LogP contribution in [0.2, 0.25) is 0 Å². The molecule has 1 aliphatic heterocycles. The number of likely N-dealkylation sites (N-methyl/N-ethyl adjacent to an activating group) is 1. The summed E-state index contributed by atoms with van der Waals surface area (Å²) in [6, 6.07) is 11.0. The van der Waals surface area contributed by atoms with Gasteiger partial charge in [-0.3, -0.25) is 9.59 Å². The van der Waals surface area contributed by atoms with E-state index in [0.717, 1.165) is 18.4 Å². The molecule has 0 atom stereocenters. The molecule has 9 nitrogen and oxygen atoms in total. The first kappa shape index (κ1) is 21.5. The Bertz CT molecular complexity index is 851. The lowest BCUT2D eigenvalue weighted by Crippen LogP contribution is -2.39. The molecular weight excluding hydrogens is 386 g/mol. The number of ether oxygens (including phenoxy) is 2. The van der Waals surface area contributed by atoms with E-state index in [1.165, 1.54) is 4.90 Å². The van der Waals surface area contributed by atoms with E-state index in [1.807, 2.05) is 18.2 Å². The van der Waals surface area contributed by atoms with Crippen molar-refractivity contribution in [2.45, 2.75) is 25.4 Å². The molecule has 9 heteroatoms. The van der Waals surface area contributed by atoms with Gasteiger partial charge >= 0.3 is 0 Å². The third-order valence-corrected chi connectivity index (χ3v) is 4.69. The summed E-state index contributed by atoms with van der Waals surface area (Å²) in [4.78, 5) is 25.4. The smallest absolute Gasteiger partial charge is 0.272 e. The summed E-state index contributed by atoms with van der Waals surface area (Å²) < 4.78 is 10.8. The van der Waals surface area contributed by atoms with Gasteiger partial charge in [0.2, 0.25) is 0 Å². The highest BCUT2D eigenvalue weighted by molar-refractivity contribution is 5.92. The standard InChI is InChI=1S/C21H27N5O4/c1-26(2)20(27)14-30-17-5-3-4-15(12-17)13-22-19-7-6-18(24-25-19)21(28)23-16-8-10-29-11-9-16/h3-7,12,16H,8-11,13-14H2,1-2H3,(H,22,25)(H,23,28). The molecule has 1 aliphatic rings. The first-order valence-electron chi connectivity index (χ1n) is 9.89. The van der Waals surface area contributed by atoms with E-state index in [1.54, 1.807) is 32.3 Å². The molecule has 0 spiro atoms. The minimum atomic E-state index is -0.224. The van der Waals surface area contributed by atoms with Gasteiger partial charge in [0.25, 0.3) is 11.8 Å². The van der Waals surface area contributed by atoms with Crippen molar-refractivity contribution in [3.8, 4) is 5.75 Å². The lowest BCUT2D eigenvalue weighted by molar-refractivity contribution is -0.130.